The van der Waals surface area contributed by atoms with Crippen LogP contribution in [0.5, 0.6) is 0 Å². The van der Waals surface area contributed by atoms with Gasteiger partial charge in [0.15, 0.2) is 5.78 Å². The maximum absolute atomic E-state index is 12.2. The maximum Gasteiger partial charge on any atom is 0.195 e. The van der Waals surface area contributed by atoms with Gasteiger partial charge in [-0.15, -0.1) is 0 Å². The molecule has 0 aliphatic rings. The number of carbonyl (C=O) groups excluding carboxylic acids is 1. The molecule has 2 aromatic carbocycles. The highest BCUT2D eigenvalue weighted by Gasteiger charge is 2.19. The highest BCUT2D eigenvalue weighted by atomic mass is 16.3. The first-order chi connectivity index (χ1) is 9.09. The van der Waals surface area contributed by atoms with Crippen LogP contribution in [0, 0.1) is 0 Å². The summed E-state index contributed by atoms with van der Waals surface area (Å²) >= 11 is 0. The van der Waals surface area contributed by atoms with Gasteiger partial charge in [0.1, 0.15) is 11.8 Å². The summed E-state index contributed by atoms with van der Waals surface area (Å²) in [6.07, 6.45) is -1.10. The molecule has 0 amide bonds. The molecule has 0 fully saturated rings. The van der Waals surface area contributed by atoms with E-state index in [1.54, 1.807) is 24.3 Å². The Balaban J connectivity index is 2.20. The van der Waals surface area contributed by atoms with Gasteiger partial charge in [0.05, 0.1) is 14.1 Å². The first kappa shape index (κ1) is 13.5. The summed E-state index contributed by atoms with van der Waals surface area (Å²) in [5.41, 5.74) is 2.25. The summed E-state index contributed by atoms with van der Waals surface area (Å²) in [6, 6.07) is 16.3. The number of hydrogen-bond acceptors (Lipinski definition) is 2. The monoisotopic (exact) mass is 256 g/mol. The summed E-state index contributed by atoms with van der Waals surface area (Å²) in [7, 11) is 4.05. The second kappa shape index (κ2) is 5.78. The van der Waals surface area contributed by atoms with E-state index >= 15 is 0 Å². The van der Waals surface area contributed by atoms with Gasteiger partial charge in [-0.2, -0.15) is 0 Å². The van der Waals surface area contributed by atoms with E-state index < -0.39 is 6.10 Å². The fourth-order valence-electron chi connectivity index (χ4n) is 1.91. The van der Waals surface area contributed by atoms with Crippen LogP contribution in [0.4, 0.5) is 5.69 Å². The van der Waals surface area contributed by atoms with Crippen molar-refractivity contribution in [3.8, 4) is 0 Å². The zero-order valence-corrected chi connectivity index (χ0v) is 11.1. The van der Waals surface area contributed by atoms with Crippen molar-refractivity contribution in [2.24, 2.45) is 0 Å². The van der Waals surface area contributed by atoms with E-state index in [4.69, 9.17) is 0 Å². The third kappa shape index (κ3) is 3.08. The van der Waals surface area contributed by atoms with Crippen LogP contribution < -0.4 is 4.90 Å². The molecule has 3 nitrogen and oxygen atoms in total. The van der Waals surface area contributed by atoms with Crippen molar-refractivity contribution in [2.45, 2.75) is 6.10 Å². The second-order valence-electron chi connectivity index (χ2n) is 4.75. The summed E-state index contributed by atoms with van der Waals surface area (Å²) in [5, 5.41) is 10.1. The third-order valence-electron chi connectivity index (χ3n) is 3.11. The molecule has 0 saturated heterocycles. The average molecular weight is 256 g/mol. The first-order valence-electron chi connectivity index (χ1n) is 6.27. The molecule has 1 unspecified atom stereocenters. The number of rotatable bonds is 4. The van der Waals surface area contributed by atoms with Crippen LogP contribution in [0.25, 0.3) is 0 Å². The van der Waals surface area contributed by atoms with E-state index in [9.17, 15) is 9.90 Å². The number of aliphatic hydroxyl groups is 1. The van der Waals surface area contributed by atoms with Crippen molar-refractivity contribution in [2.75, 3.05) is 14.1 Å². The molecule has 2 aromatic rings. The largest absolute Gasteiger partial charge is 0.380 e. The molecule has 2 N–H and O–H groups in total. The smallest absolute Gasteiger partial charge is 0.195 e. The molecule has 3 heteroatoms. The second-order valence-corrected chi connectivity index (χ2v) is 4.75. The molecule has 0 saturated carbocycles. The highest BCUT2D eigenvalue weighted by Crippen LogP contribution is 2.18. The van der Waals surface area contributed by atoms with Gasteiger partial charge in [-0.05, 0) is 29.8 Å². The number of Topliss-reactive ketones (excluding diaryl/α,β-unsaturated/α-hetero) is 1. The molecular weight excluding hydrogens is 238 g/mol. The first-order valence-corrected chi connectivity index (χ1v) is 6.27. The maximum atomic E-state index is 12.2. The number of nitrogens with one attached hydrogen (secondary N) is 1. The van der Waals surface area contributed by atoms with Crippen molar-refractivity contribution in [3.05, 3.63) is 65.7 Å². The van der Waals surface area contributed by atoms with Crippen LogP contribution in [-0.4, -0.2) is 25.0 Å². The number of hydrogen-bond donors (Lipinski definition) is 2. The quantitative estimate of drug-likeness (QED) is 0.812. The molecule has 98 valence electrons. The van der Waals surface area contributed by atoms with Crippen molar-refractivity contribution in [1.82, 2.24) is 0 Å². The van der Waals surface area contributed by atoms with Gasteiger partial charge in [0.2, 0.25) is 0 Å². The Morgan fingerprint density at radius 3 is 2.11 bits per heavy atom. The SMILES string of the molecule is C[NH+](C)c1ccc(C(=O)C(O)c2ccccc2)cc1. The Morgan fingerprint density at radius 1 is 1.00 bits per heavy atom. The Morgan fingerprint density at radius 2 is 1.58 bits per heavy atom. The molecular formula is C16H18NO2+. The van der Waals surface area contributed by atoms with Crippen LogP contribution in [0.3, 0.4) is 0 Å². The molecule has 1 atom stereocenters. The van der Waals surface area contributed by atoms with E-state index in [1.165, 1.54) is 4.90 Å². The molecule has 2 rings (SSSR count). The minimum absolute atomic E-state index is 0.272. The van der Waals surface area contributed by atoms with Gasteiger partial charge in [-0.1, -0.05) is 30.3 Å². The number of quaternary nitrogens is 1. The van der Waals surface area contributed by atoms with Crippen molar-refractivity contribution in [1.29, 1.82) is 0 Å². The van der Waals surface area contributed by atoms with Gasteiger partial charge in [-0.25, -0.2) is 0 Å². The molecule has 0 bridgehead atoms. The molecule has 0 spiro atoms. The number of benzene rings is 2. The minimum atomic E-state index is -1.10. The lowest BCUT2D eigenvalue weighted by molar-refractivity contribution is -0.786. The lowest BCUT2D eigenvalue weighted by Gasteiger charge is -2.11. The number of ketones is 1. The summed E-state index contributed by atoms with van der Waals surface area (Å²) in [4.78, 5) is 13.4. The van der Waals surface area contributed by atoms with Gasteiger partial charge < -0.3 is 10.0 Å². The van der Waals surface area contributed by atoms with Crippen LogP contribution in [0.1, 0.15) is 22.0 Å². The predicted molar refractivity (Wildman–Crippen MR) is 74.6 cm³/mol. The summed E-state index contributed by atoms with van der Waals surface area (Å²) in [5.74, 6) is -0.272. The van der Waals surface area contributed by atoms with Crippen LogP contribution in [-0.2, 0) is 0 Å². The Kier molecular flexibility index (Phi) is 4.10. The molecule has 19 heavy (non-hydrogen) atoms. The summed E-state index contributed by atoms with van der Waals surface area (Å²) < 4.78 is 0. The van der Waals surface area contributed by atoms with Crippen molar-refractivity contribution < 1.29 is 14.8 Å². The van der Waals surface area contributed by atoms with E-state index in [1.807, 2.05) is 44.4 Å². The topological polar surface area (TPSA) is 41.7 Å². The van der Waals surface area contributed by atoms with Crippen molar-refractivity contribution in [3.63, 3.8) is 0 Å². The highest BCUT2D eigenvalue weighted by molar-refractivity contribution is 6.00. The number of aliphatic hydroxyl groups excluding tert-OH is 1. The Bertz CT molecular complexity index is 547. The van der Waals surface area contributed by atoms with Gasteiger partial charge >= 0.3 is 0 Å². The third-order valence-corrected chi connectivity index (χ3v) is 3.11. The van der Waals surface area contributed by atoms with E-state index in [0.29, 0.717) is 11.1 Å². The van der Waals surface area contributed by atoms with E-state index in [0.717, 1.165) is 5.69 Å². The van der Waals surface area contributed by atoms with Crippen LogP contribution >= 0.6 is 0 Å². The molecule has 0 aliphatic heterocycles. The average Bonchev–Trinajstić information content (AvgIpc) is 2.46. The van der Waals surface area contributed by atoms with E-state index in [-0.39, 0.29) is 5.78 Å². The zero-order valence-electron chi connectivity index (χ0n) is 11.1. The van der Waals surface area contributed by atoms with Crippen LogP contribution in [0.15, 0.2) is 54.6 Å². The van der Waals surface area contributed by atoms with Gasteiger partial charge in [0, 0.05) is 5.56 Å². The molecule has 0 radical (unpaired) electrons. The fourth-order valence-corrected chi connectivity index (χ4v) is 1.91. The Labute approximate surface area is 113 Å². The molecule has 0 aliphatic carbocycles. The summed E-state index contributed by atoms with van der Waals surface area (Å²) in [6.45, 7) is 0. The number of carbonyl (C=O) groups is 1. The standard InChI is InChI=1S/C16H17NO2/c1-17(2)14-10-8-13(9-11-14)16(19)15(18)12-6-4-3-5-7-12/h3-11,15,18H,1-2H3/p+1. The van der Waals surface area contributed by atoms with Gasteiger partial charge in [0.25, 0.3) is 0 Å². The Hall–Kier alpha value is -1.97. The zero-order chi connectivity index (χ0) is 13.8. The normalized spacial score (nSPS) is 12.4. The van der Waals surface area contributed by atoms with Crippen molar-refractivity contribution >= 4 is 11.5 Å². The van der Waals surface area contributed by atoms with E-state index in [2.05, 4.69) is 0 Å². The molecule has 0 aromatic heterocycles. The molecule has 0 heterocycles. The lowest BCUT2D eigenvalue weighted by Crippen LogP contribution is -3.00. The lowest BCUT2D eigenvalue weighted by atomic mass is 10.00. The van der Waals surface area contributed by atoms with Gasteiger partial charge in [-0.3, -0.25) is 4.79 Å². The fraction of sp³-hybridized carbons (Fsp3) is 0.188. The predicted octanol–water partition coefficient (Wildman–Crippen LogP) is 1.38. The van der Waals surface area contributed by atoms with Crippen LogP contribution in [0.2, 0.25) is 0 Å². The minimum Gasteiger partial charge on any atom is -0.380 e.